The third kappa shape index (κ3) is 8.07. The van der Waals surface area contributed by atoms with Crippen molar-refractivity contribution in [3.63, 3.8) is 0 Å². The number of H-pyrrole nitrogens is 1. The van der Waals surface area contributed by atoms with Gasteiger partial charge in [-0.1, -0.05) is 23.7 Å². The molecular formula is C30H41ClN6O6. The zero-order valence-electron chi connectivity index (χ0n) is 25.3. The maximum atomic E-state index is 14.1. The molecule has 3 aromatic rings. The Morgan fingerprint density at radius 1 is 1.12 bits per heavy atom. The summed E-state index contributed by atoms with van der Waals surface area (Å²) in [5, 5.41) is 27.1. The maximum absolute atomic E-state index is 14.1. The van der Waals surface area contributed by atoms with Crippen LogP contribution in [0.5, 0.6) is 5.88 Å². The summed E-state index contributed by atoms with van der Waals surface area (Å²) in [6, 6.07) is 8.84. The van der Waals surface area contributed by atoms with E-state index in [4.69, 9.17) is 26.2 Å². The number of halogens is 1. The molecule has 1 aromatic carbocycles. The number of anilines is 1. The Morgan fingerprint density at radius 3 is 2.40 bits per heavy atom. The molecule has 43 heavy (non-hydrogen) atoms. The number of hydrogen-bond donors (Lipinski definition) is 3. The average Bonchev–Trinajstić information content (AvgIpc) is 3.39. The van der Waals surface area contributed by atoms with Gasteiger partial charge in [-0.05, 0) is 58.4 Å². The molecule has 0 spiro atoms. The van der Waals surface area contributed by atoms with Crippen molar-refractivity contribution in [2.75, 3.05) is 50.8 Å². The van der Waals surface area contributed by atoms with Crippen molar-refractivity contribution in [3.05, 3.63) is 47.1 Å². The summed E-state index contributed by atoms with van der Waals surface area (Å²) < 4.78 is 11.3. The molecule has 12 nitrogen and oxygen atoms in total. The van der Waals surface area contributed by atoms with E-state index >= 15 is 0 Å². The molecule has 0 bridgehead atoms. The molecule has 2 aromatic heterocycles. The van der Waals surface area contributed by atoms with Crippen LogP contribution in [-0.2, 0) is 9.53 Å². The van der Waals surface area contributed by atoms with Crippen LogP contribution in [0.2, 0.25) is 5.02 Å². The highest BCUT2D eigenvalue weighted by Crippen LogP contribution is 2.33. The van der Waals surface area contributed by atoms with E-state index in [1.165, 1.54) is 0 Å². The number of carbonyl (C=O) groups is 2. The van der Waals surface area contributed by atoms with Crippen LogP contribution in [0.15, 0.2) is 36.5 Å². The summed E-state index contributed by atoms with van der Waals surface area (Å²) in [6.45, 7) is 10.9. The van der Waals surface area contributed by atoms with Crippen LogP contribution >= 0.6 is 11.6 Å². The molecule has 1 aliphatic rings. The number of carbonyl (C=O) groups excluding carboxylic acids is 2. The van der Waals surface area contributed by atoms with E-state index in [0.29, 0.717) is 42.2 Å². The Bertz CT molecular complexity index is 1380. The third-order valence-corrected chi connectivity index (χ3v) is 7.41. The van der Waals surface area contributed by atoms with Crippen molar-refractivity contribution < 1.29 is 29.3 Å². The SMILES string of the molecule is CC(C)N(C[C@@H](C(=O)N1CCN(c2ccnc3[nH]nc(OCC(O)CO)c23)CC1)c1ccc(Cl)cc1)C(=O)OC(C)(C)C. The lowest BCUT2D eigenvalue weighted by molar-refractivity contribution is -0.133. The zero-order chi connectivity index (χ0) is 31.3. The number of pyridine rings is 1. The average molecular weight is 617 g/mol. The van der Waals surface area contributed by atoms with Crippen molar-refractivity contribution in [1.82, 2.24) is 25.0 Å². The number of hydrogen-bond acceptors (Lipinski definition) is 9. The summed E-state index contributed by atoms with van der Waals surface area (Å²) in [6.07, 6.45) is 0.176. The van der Waals surface area contributed by atoms with Crippen molar-refractivity contribution in [2.45, 2.75) is 58.3 Å². The molecule has 1 saturated heterocycles. The van der Waals surface area contributed by atoms with Crippen molar-refractivity contribution in [3.8, 4) is 5.88 Å². The van der Waals surface area contributed by atoms with Gasteiger partial charge in [0.1, 0.15) is 23.7 Å². The Labute approximate surface area is 256 Å². The first-order valence-corrected chi connectivity index (χ1v) is 14.8. The summed E-state index contributed by atoms with van der Waals surface area (Å²) in [4.78, 5) is 37.1. The number of amides is 2. The van der Waals surface area contributed by atoms with Crippen molar-refractivity contribution in [1.29, 1.82) is 0 Å². The summed E-state index contributed by atoms with van der Waals surface area (Å²) in [5.74, 6) is -0.414. The predicted molar refractivity (Wildman–Crippen MR) is 164 cm³/mol. The quantitative estimate of drug-likeness (QED) is 0.312. The van der Waals surface area contributed by atoms with Gasteiger partial charge in [-0.2, -0.15) is 0 Å². The molecule has 0 saturated carbocycles. The Kier molecular flexibility index (Phi) is 10.4. The number of piperazine rings is 1. The molecule has 13 heteroatoms. The molecule has 1 aliphatic heterocycles. The first-order chi connectivity index (χ1) is 20.4. The van der Waals surface area contributed by atoms with Crippen molar-refractivity contribution in [2.24, 2.45) is 0 Å². The Morgan fingerprint density at radius 2 is 1.79 bits per heavy atom. The number of rotatable bonds is 10. The van der Waals surface area contributed by atoms with Crippen LogP contribution in [0.25, 0.3) is 11.0 Å². The first-order valence-electron chi connectivity index (χ1n) is 14.4. The van der Waals surface area contributed by atoms with E-state index in [1.54, 1.807) is 23.2 Å². The molecule has 1 unspecified atom stereocenters. The number of nitrogens with zero attached hydrogens (tertiary/aromatic N) is 5. The second-order valence-corrected chi connectivity index (χ2v) is 12.3. The highest BCUT2D eigenvalue weighted by molar-refractivity contribution is 6.30. The van der Waals surface area contributed by atoms with Gasteiger partial charge in [-0.3, -0.25) is 9.89 Å². The number of benzene rings is 1. The number of aromatic nitrogens is 3. The normalized spacial score (nSPS) is 15.5. The van der Waals surface area contributed by atoms with Gasteiger partial charge in [0.05, 0.1) is 18.2 Å². The number of ether oxygens (including phenoxy) is 2. The lowest BCUT2D eigenvalue weighted by atomic mass is 9.96. The topological polar surface area (TPSA) is 144 Å². The van der Waals surface area contributed by atoms with Gasteiger partial charge < -0.3 is 34.4 Å². The lowest BCUT2D eigenvalue weighted by Gasteiger charge is -2.39. The maximum Gasteiger partial charge on any atom is 0.410 e. The number of aliphatic hydroxyl groups is 2. The van der Waals surface area contributed by atoms with Crippen LogP contribution in [-0.4, -0.2) is 111 Å². The largest absolute Gasteiger partial charge is 0.473 e. The van der Waals surface area contributed by atoms with E-state index in [9.17, 15) is 14.7 Å². The van der Waals surface area contributed by atoms with E-state index < -0.39 is 30.3 Å². The van der Waals surface area contributed by atoms with Gasteiger partial charge in [0.15, 0.2) is 5.65 Å². The van der Waals surface area contributed by atoms with Crippen molar-refractivity contribution >= 4 is 40.3 Å². The number of fused-ring (bicyclic) bond motifs is 1. The van der Waals surface area contributed by atoms with E-state index in [1.807, 2.05) is 57.7 Å². The second kappa shape index (κ2) is 13.8. The molecule has 0 aliphatic carbocycles. The van der Waals surface area contributed by atoms with Gasteiger partial charge in [0.25, 0.3) is 0 Å². The van der Waals surface area contributed by atoms with Gasteiger partial charge in [0, 0.05) is 50.0 Å². The Balaban J connectivity index is 1.53. The predicted octanol–water partition coefficient (Wildman–Crippen LogP) is 3.42. The molecule has 3 heterocycles. The first kappa shape index (κ1) is 32.3. The molecule has 2 amide bonds. The monoisotopic (exact) mass is 616 g/mol. The molecule has 4 rings (SSSR count). The molecule has 1 fully saturated rings. The van der Waals surface area contributed by atoms with Crippen LogP contribution < -0.4 is 9.64 Å². The molecule has 234 valence electrons. The van der Waals surface area contributed by atoms with Crippen LogP contribution in [0.4, 0.5) is 10.5 Å². The van der Waals surface area contributed by atoms with Crippen LogP contribution in [0.3, 0.4) is 0 Å². The van der Waals surface area contributed by atoms with Gasteiger partial charge in [0.2, 0.25) is 11.8 Å². The fourth-order valence-electron chi connectivity index (χ4n) is 4.93. The molecule has 2 atom stereocenters. The highest BCUT2D eigenvalue weighted by Gasteiger charge is 2.34. The zero-order valence-corrected chi connectivity index (χ0v) is 26.0. The van der Waals surface area contributed by atoms with E-state index in [2.05, 4.69) is 20.1 Å². The fourth-order valence-corrected chi connectivity index (χ4v) is 5.05. The Hall–Kier alpha value is -3.61. The highest BCUT2D eigenvalue weighted by atomic mass is 35.5. The summed E-state index contributed by atoms with van der Waals surface area (Å²) in [7, 11) is 0. The summed E-state index contributed by atoms with van der Waals surface area (Å²) >= 11 is 6.16. The molecule has 3 N–H and O–H groups in total. The van der Waals surface area contributed by atoms with Gasteiger partial charge >= 0.3 is 6.09 Å². The second-order valence-electron chi connectivity index (χ2n) is 11.9. The smallest absolute Gasteiger partial charge is 0.410 e. The van der Waals surface area contributed by atoms with Crippen LogP contribution in [0, 0.1) is 0 Å². The minimum absolute atomic E-state index is 0.0821. The minimum Gasteiger partial charge on any atom is -0.473 e. The minimum atomic E-state index is -1.03. The number of aromatic amines is 1. The van der Waals surface area contributed by atoms with E-state index in [-0.39, 0.29) is 31.0 Å². The third-order valence-electron chi connectivity index (χ3n) is 7.16. The number of nitrogens with one attached hydrogen (secondary N) is 1. The van der Waals surface area contributed by atoms with Gasteiger partial charge in [-0.25, -0.2) is 9.78 Å². The standard InChI is InChI=1S/C30H41ClN6O6/c1-19(2)37(29(41)43-30(3,4)5)16-23(20-6-8-21(31)9-7-20)28(40)36-14-12-35(13-15-36)24-10-11-32-26-25(24)27(34-33-26)42-18-22(39)17-38/h6-11,19,22-23,38-39H,12-18H2,1-5H3,(H,32,33,34)/t22?,23-/m1/s1. The lowest BCUT2D eigenvalue weighted by Crippen LogP contribution is -2.52. The van der Waals surface area contributed by atoms with Gasteiger partial charge in [-0.15, -0.1) is 5.10 Å². The summed E-state index contributed by atoms with van der Waals surface area (Å²) in [5.41, 5.74) is 1.47. The number of aliphatic hydroxyl groups excluding tert-OH is 2. The van der Waals surface area contributed by atoms with E-state index in [0.717, 1.165) is 11.3 Å². The molecular weight excluding hydrogens is 576 g/mol. The fraction of sp³-hybridized carbons (Fsp3) is 0.533. The molecule has 0 radical (unpaired) electrons. The van der Waals surface area contributed by atoms with Crippen LogP contribution in [0.1, 0.15) is 46.1 Å².